The summed E-state index contributed by atoms with van der Waals surface area (Å²) in [7, 11) is 4.80. The summed E-state index contributed by atoms with van der Waals surface area (Å²) in [4.78, 5) is 11.9. The summed E-state index contributed by atoms with van der Waals surface area (Å²) in [6.45, 7) is 1.50. The third kappa shape index (κ3) is 3.90. The van der Waals surface area contributed by atoms with Crippen molar-refractivity contribution in [3.63, 3.8) is 0 Å². The Labute approximate surface area is 130 Å². The molecule has 6 nitrogen and oxygen atoms in total. The molecule has 0 spiro atoms. The first-order chi connectivity index (χ1) is 10.7. The molecule has 0 saturated heterocycles. The van der Waals surface area contributed by atoms with Gasteiger partial charge in [0.25, 0.3) is 0 Å². The van der Waals surface area contributed by atoms with Crippen LogP contribution in [0.5, 0.6) is 11.5 Å². The molecule has 1 aliphatic heterocycles. The molecule has 1 atom stereocenters. The summed E-state index contributed by atoms with van der Waals surface area (Å²) < 4.78 is 20.7. The van der Waals surface area contributed by atoms with E-state index in [2.05, 4.69) is 5.32 Å². The van der Waals surface area contributed by atoms with Crippen molar-refractivity contribution < 1.29 is 23.7 Å². The van der Waals surface area contributed by atoms with E-state index < -0.39 is 0 Å². The van der Waals surface area contributed by atoms with Crippen LogP contribution in [0.1, 0.15) is 23.6 Å². The molecule has 1 aliphatic rings. The molecule has 0 unspecified atom stereocenters. The highest BCUT2D eigenvalue weighted by Crippen LogP contribution is 2.36. The fraction of sp³-hybridized carbons (Fsp3) is 0.562. The van der Waals surface area contributed by atoms with Crippen molar-refractivity contribution in [1.82, 2.24) is 5.32 Å². The lowest BCUT2D eigenvalue weighted by Gasteiger charge is -2.27. The number of rotatable bonds is 7. The molecule has 6 heteroatoms. The zero-order valence-corrected chi connectivity index (χ0v) is 13.3. The van der Waals surface area contributed by atoms with Gasteiger partial charge in [0.15, 0.2) is 11.5 Å². The van der Waals surface area contributed by atoms with Gasteiger partial charge < -0.3 is 24.3 Å². The lowest BCUT2D eigenvalue weighted by molar-refractivity contribution is -0.145. The van der Waals surface area contributed by atoms with Gasteiger partial charge in [0.2, 0.25) is 0 Å². The Kier molecular flexibility index (Phi) is 6.03. The molecule has 0 saturated carbocycles. The number of esters is 1. The van der Waals surface area contributed by atoms with Crippen LogP contribution in [0.2, 0.25) is 0 Å². The molecule has 0 bridgehead atoms. The summed E-state index contributed by atoms with van der Waals surface area (Å²) >= 11 is 0. The second-order valence-corrected chi connectivity index (χ2v) is 5.08. The fourth-order valence-corrected chi connectivity index (χ4v) is 2.62. The van der Waals surface area contributed by atoms with Gasteiger partial charge >= 0.3 is 5.97 Å². The van der Waals surface area contributed by atoms with E-state index in [4.69, 9.17) is 18.9 Å². The number of ether oxygens (including phenoxy) is 4. The van der Waals surface area contributed by atoms with Gasteiger partial charge in [-0.15, -0.1) is 0 Å². The van der Waals surface area contributed by atoms with Crippen molar-refractivity contribution in [1.29, 1.82) is 0 Å². The maximum absolute atomic E-state index is 11.9. The van der Waals surface area contributed by atoms with E-state index in [0.29, 0.717) is 18.1 Å². The van der Waals surface area contributed by atoms with Crippen LogP contribution in [0.4, 0.5) is 0 Å². The van der Waals surface area contributed by atoms with Gasteiger partial charge in [0, 0.05) is 13.2 Å². The molecule has 1 N–H and O–H groups in total. The third-order valence-corrected chi connectivity index (χ3v) is 3.73. The average Bonchev–Trinajstić information content (AvgIpc) is 2.54. The monoisotopic (exact) mass is 309 g/mol. The molecule has 1 heterocycles. The minimum absolute atomic E-state index is 0.0707. The second kappa shape index (κ2) is 8.00. The maximum Gasteiger partial charge on any atom is 0.307 e. The van der Waals surface area contributed by atoms with Crippen molar-refractivity contribution in [2.24, 2.45) is 0 Å². The molecule has 2 rings (SSSR count). The number of carbonyl (C=O) groups excluding carboxylic acids is 1. The zero-order chi connectivity index (χ0) is 15.9. The standard InChI is InChI=1S/C16H23NO5/c1-19-6-7-22-16(18)10-13-12-9-15(21-3)14(20-2)8-11(12)4-5-17-13/h8-9,13,17H,4-7,10H2,1-3H3/t13-/m0/s1. The zero-order valence-electron chi connectivity index (χ0n) is 13.3. The number of hydrogen-bond donors (Lipinski definition) is 1. The molecule has 0 radical (unpaired) electrons. The quantitative estimate of drug-likeness (QED) is 0.608. The normalized spacial score (nSPS) is 16.8. The highest BCUT2D eigenvalue weighted by Gasteiger charge is 2.25. The van der Waals surface area contributed by atoms with E-state index in [-0.39, 0.29) is 25.0 Å². The number of carbonyl (C=O) groups is 1. The van der Waals surface area contributed by atoms with E-state index in [1.165, 1.54) is 5.56 Å². The van der Waals surface area contributed by atoms with Crippen molar-refractivity contribution in [2.45, 2.75) is 18.9 Å². The van der Waals surface area contributed by atoms with Crippen LogP contribution in [-0.2, 0) is 20.7 Å². The van der Waals surface area contributed by atoms with Crippen molar-refractivity contribution >= 4 is 5.97 Å². The van der Waals surface area contributed by atoms with Crippen molar-refractivity contribution in [3.05, 3.63) is 23.3 Å². The molecule has 0 aliphatic carbocycles. The minimum atomic E-state index is -0.239. The average molecular weight is 309 g/mol. The number of benzene rings is 1. The largest absolute Gasteiger partial charge is 0.493 e. The van der Waals surface area contributed by atoms with Gasteiger partial charge in [-0.3, -0.25) is 4.79 Å². The molecular weight excluding hydrogens is 286 g/mol. The summed E-state index contributed by atoms with van der Waals surface area (Å²) in [6, 6.07) is 3.85. The summed E-state index contributed by atoms with van der Waals surface area (Å²) in [5.41, 5.74) is 2.23. The number of nitrogens with one attached hydrogen (secondary N) is 1. The van der Waals surface area contributed by atoms with Crippen LogP contribution in [0, 0.1) is 0 Å². The fourth-order valence-electron chi connectivity index (χ4n) is 2.62. The smallest absolute Gasteiger partial charge is 0.307 e. The lowest BCUT2D eigenvalue weighted by atomic mass is 9.92. The minimum Gasteiger partial charge on any atom is -0.493 e. The molecule has 1 aromatic rings. The predicted octanol–water partition coefficient (Wildman–Crippen LogP) is 1.47. The Morgan fingerprint density at radius 3 is 2.59 bits per heavy atom. The summed E-state index contributed by atoms with van der Waals surface area (Å²) in [6.07, 6.45) is 1.18. The second-order valence-electron chi connectivity index (χ2n) is 5.08. The Balaban J connectivity index is 2.12. The van der Waals surface area contributed by atoms with E-state index in [1.54, 1.807) is 21.3 Å². The summed E-state index contributed by atoms with van der Waals surface area (Å²) in [5, 5.41) is 3.36. The van der Waals surface area contributed by atoms with E-state index in [0.717, 1.165) is 18.5 Å². The first-order valence-corrected chi connectivity index (χ1v) is 7.32. The van der Waals surface area contributed by atoms with Crippen LogP contribution >= 0.6 is 0 Å². The van der Waals surface area contributed by atoms with Gasteiger partial charge in [0.1, 0.15) is 6.61 Å². The van der Waals surface area contributed by atoms with Crippen LogP contribution in [0.25, 0.3) is 0 Å². The number of fused-ring (bicyclic) bond motifs is 1. The molecule has 1 aromatic carbocycles. The first-order valence-electron chi connectivity index (χ1n) is 7.32. The van der Waals surface area contributed by atoms with E-state index >= 15 is 0 Å². The molecule has 0 aromatic heterocycles. The number of hydrogen-bond acceptors (Lipinski definition) is 6. The number of methoxy groups -OCH3 is 3. The third-order valence-electron chi connectivity index (χ3n) is 3.73. The van der Waals surface area contributed by atoms with Gasteiger partial charge in [-0.25, -0.2) is 0 Å². The highest BCUT2D eigenvalue weighted by molar-refractivity contribution is 5.71. The van der Waals surface area contributed by atoms with Gasteiger partial charge in [-0.05, 0) is 36.2 Å². The summed E-state index contributed by atoms with van der Waals surface area (Å²) in [5.74, 6) is 1.14. The van der Waals surface area contributed by atoms with Crippen molar-refractivity contribution in [2.75, 3.05) is 41.1 Å². The van der Waals surface area contributed by atoms with Crippen LogP contribution in [0.15, 0.2) is 12.1 Å². The highest BCUT2D eigenvalue weighted by atomic mass is 16.6. The topological polar surface area (TPSA) is 66.0 Å². The first kappa shape index (κ1) is 16.6. The Hall–Kier alpha value is -1.79. The van der Waals surface area contributed by atoms with Gasteiger partial charge in [-0.1, -0.05) is 0 Å². The van der Waals surface area contributed by atoms with Crippen LogP contribution < -0.4 is 14.8 Å². The lowest BCUT2D eigenvalue weighted by Crippen LogP contribution is -2.32. The Morgan fingerprint density at radius 1 is 1.18 bits per heavy atom. The maximum atomic E-state index is 11.9. The van der Waals surface area contributed by atoms with E-state index in [9.17, 15) is 4.79 Å². The Bertz CT molecular complexity index is 518. The van der Waals surface area contributed by atoms with Crippen molar-refractivity contribution in [3.8, 4) is 11.5 Å². The van der Waals surface area contributed by atoms with Crippen LogP contribution in [0.3, 0.4) is 0 Å². The predicted molar refractivity (Wildman–Crippen MR) is 81.4 cm³/mol. The van der Waals surface area contributed by atoms with E-state index in [1.807, 2.05) is 12.1 Å². The SMILES string of the molecule is COCCOC(=O)C[C@@H]1NCCc2cc(OC)c(OC)cc21. The molecule has 22 heavy (non-hydrogen) atoms. The van der Waals surface area contributed by atoms with Gasteiger partial charge in [-0.2, -0.15) is 0 Å². The molecule has 122 valence electrons. The molecule has 0 amide bonds. The van der Waals surface area contributed by atoms with Gasteiger partial charge in [0.05, 0.1) is 27.2 Å². The van der Waals surface area contributed by atoms with Crippen LogP contribution in [-0.4, -0.2) is 47.1 Å². The molecular formula is C16H23NO5. The Morgan fingerprint density at radius 2 is 1.91 bits per heavy atom. The molecule has 0 fully saturated rings.